The molecule has 2 unspecified atom stereocenters. The van der Waals surface area contributed by atoms with E-state index < -0.39 is 0 Å². The van der Waals surface area contributed by atoms with Gasteiger partial charge in [0.25, 0.3) is 0 Å². The van der Waals surface area contributed by atoms with E-state index in [2.05, 4.69) is 54.9 Å². The molecule has 1 nitrogen and oxygen atoms in total. The largest absolute Gasteiger partial charge is 0.302 e. The van der Waals surface area contributed by atoms with Crippen LogP contribution in [0.5, 0.6) is 0 Å². The number of aldehydes is 1. The van der Waals surface area contributed by atoms with Gasteiger partial charge in [0.05, 0.1) is 4.83 Å². The molecule has 1 aromatic rings. The standard InChI is InChI=1S/C12H15BrO/c1-8-4-9(2)6-11(5-8)10(3)12(13)7-14/h4-7,10,12H,1-3H3. The van der Waals surface area contributed by atoms with Gasteiger partial charge >= 0.3 is 0 Å². The Morgan fingerprint density at radius 1 is 1.21 bits per heavy atom. The van der Waals surface area contributed by atoms with Gasteiger partial charge < -0.3 is 4.79 Å². The summed E-state index contributed by atoms with van der Waals surface area (Å²) in [5.74, 6) is 0.228. The Kier molecular flexibility index (Phi) is 3.87. The van der Waals surface area contributed by atoms with E-state index in [-0.39, 0.29) is 10.7 Å². The molecule has 0 aliphatic rings. The van der Waals surface area contributed by atoms with E-state index in [9.17, 15) is 4.79 Å². The van der Waals surface area contributed by atoms with Crippen molar-refractivity contribution in [2.45, 2.75) is 31.5 Å². The molecule has 2 heteroatoms. The maximum Gasteiger partial charge on any atom is 0.134 e. The zero-order chi connectivity index (χ0) is 10.7. The summed E-state index contributed by atoms with van der Waals surface area (Å²) in [6, 6.07) is 6.41. The molecule has 0 saturated heterocycles. The average molecular weight is 255 g/mol. The number of halogens is 1. The minimum Gasteiger partial charge on any atom is -0.302 e. The van der Waals surface area contributed by atoms with E-state index >= 15 is 0 Å². The molecular formula is C12H15BrO. The lowest BCUT2D eigenvalue weighted by Crippen LogP contribution is -2.10. The highest BCUT2D eigenvalue weighted by Crippen LogP contribution is 2.25. The maximum absolute atomic E-state index is 10.6. The summed E-state index contributed by atoms with van der Waals surface area (Å²) in [7, 11) is 0. The highest BCUT2D eigenvalue weighted by atomic mass is 79.9. The third-order valence-corrected chi connectivity index (χ3v) is 3.39. The predicted molar refractivity (Wildman–Crippen MR) is 63.1 cm³/mol. The van der Waals surface area contributed by atoms with Crippen LogP contribution >= 0.6 is 15.9 Å². The van der Waals surface area contributed by atoms with E-state index in [1.54, 1.807) is 0 Å². The summed E-state index contributed by atoms with van der Waals surface area (Å²) in [5.41, 5.74) is 3.71. The number of rotatable bonds is 3. The lowest BCUT2D eigenvalue weighted by atomic mass is 9.95. The Hall–Kier alpha value is -0.630. The molecular weight excluding hydrogens is 240 g/mol. The molecule has 14 heavy (non-hydrogen) atoms. The third kappa shape index (κ3) is 2.68. The molecule has 0 spiro atoms. The average Bonchev–Trinajstić information content (AvgIpc) is 2.14. The number of hydrogen-bond donors (Lipinski definition) is 0. The van der Waals surface area contributed by atoms with Crippen LogP contribution in [-0.4, -0.2) is 11.1 Å². The van der Waals surface area contributed by atoms with Crippen molar-refractivity contribution in [1.29, 1.82) is 0 Å². The number of carbonyl (C=O) groups is 1. The van der Waals surface area contributed by atoms with Gasteiger partial charge in [0, 0.05) is 5.92 Å². The molecule has 2 atom stereocenters. The van der Waals surface area contributed by atoms with Crippen LogP contribution in [0, 0.1) is 13.8 Å². The number of benzene rings is 1. The molecule has 0 aliphatic heterocycles. The van der Waals surface area contributed by atoms with Crippen molar-refractivity contribution in [2.24, 2.45) is 0 Å². The molecule has 0 fully saturated rings. The number of carbonyl (C=O) groups excluding carboxylic acids is 1. The Bertz CT molecular complexity index is 313. The number of aryl methyl sites for hydroxylation is 2. The normalized spacial score (nSPS) is 14.9. The lowest BCUT2D eigenvalue weighted by Gasteiger charge is -2.15. The monoisotopic (exact) mass is 254 g/mol. The number of hydrogen-bond acceptors (Lipinski definition) is 1. The quantitative estimate of drug-likeness (QED) is 0.597. The minimum atomic E-state index is -0.0938. The van der Waals surface area contributed by atoms with Crippen LogP contribution < -0.4 is 0 Å². The van der Waals surface area contributed by atoms with Gasteiger partial charge in [-0.3, -0.25) is 0 Å². The zero-order valence-corrected chi connectivity index (χ0v) is 10.3. The first-order valence-corrected chi connectivity index (χ1v) is 5.63. The smallest absolute Gasteiger partial charge is 0.134 e. The molecule has 0 radical (unpaired) electrons. The summed E-state index contributed by atoms with van der Waals surface area (Å²) in [6.45, 7) is 6.21. The van der Waals surface area contributed by atoms with E-state index in [1.165, 1.54) is 16.7 Å². The Morgan fingerprint density at radius 2 is 1.71 bits per heavy atom. The fourth-order valence-corrected chi connectivity index (χ4v) is 1.88. The molecule has 76 valence electrons. The summed E-state index contributed by atoms with van der Waals surface area (Å²) in [6.07, 6.45) is 0.947. The Labute approximate surface area is 93.7 Å². The second-order valence-electron chi connectivity index (χ2n) is 3.79. The van der Waals surface area contributed by atoms with Gasteiger partial charge in [-0.05, 0) is 19.4 Å². The second kappa shape index (κ2) is 4.74. The highest BCUT2D eigenvalue weighted by molar-refractivity contribution is 9.10. The van der Waals surface area contributed by atoms with Crippen molar-refractivity contribution in [2.75, 3.05) is 0 Å². The first-order valence-electron chi connectivity index (χ1n) is 4.72. The lowest BCUT2D eigenvalue weighted by molar-refractivity contribution is -0.107. The van der Waals surface area contributed by atoms with Gasteiger partial charge in [0.15, 0.2) is 0 Å². The van der Waals surface area contributed by atoms with E-state index in [1.807, 2.05) is 0 Å². The van der Waals surface area contributed by atoms with Gasteiger partial charge in [-0.15, -0.1) is 0 Å². The fourth-order valence-electron chi connectivity index (χ4n) is 1.57. The molecule has 0 bridgehead atoms. The summed E-state index contributed by atoms with van der Waals surface area (Å²) >= 11 is 3.36. The van der Waals surface area contributed by atoms with Crippen LogP contribution in [0.3, 0.4) is 0 Å². The van der Waals surface area contributed by atoms with Gasteiger partial charge in [-0.25, -0.2) is 0 Å². The first kappa shape index (κ1) is 11.4. The van der Waals surface area contributed by atoms with Crippen LogP contribution in [0.4, 0.5) is 0 Å². The molecule has 0 saturated carbocycles. The van der Waals surface area contributed by atoms with Crippen LogP contribution in [0.1, 0.15) is 29.5 Å². The van der Waals surface area contributed by atoms with Gasteiger partial charge in [0.1, 0.15) is 6.29 Å². The number of alkyl halides is 1. The highest BCUT2D eigenvalue weighted by Gasteiger charge is 2.15. The van der Waals surface area contributed by atoms with Crippen molar-refractivity contribution in [1.82, 2.24) is 0 Å². The van der Waals surface area contributed by atoms with Crippen molar-refractivity contribution in [3.8, 4) is 0 Å². The van der Waals surface area contributed by atoms with Gasteiger partial charge in [-0.2, -0.15) is 0 Å². The zero-order valence-electron chi connectivity index (χ0n) is 8.75. The molecule has 0 aliphatic carbocycles. The molecule has 0 heterocycles. The van der Waals surface area contributed by atoms with E-state index in [4.69, 9.17) is 0 Å². The van der Waals surface area contributed by atoms with Crippen LogP contribution in [0.25, 0.3) is 0 Å². The molecule has 0 amide bonds. The molecule has 1 aromatic carbocycles. The van der Waals surface area contributed by atoms with Crippen molar-refractivity contribution in [3.05, 3.63) is 34.9 Å². The van der Waals surface area contributed by atoms with Crippen molar-refractivity contribution >= 4 is 22.2 Å². The summed E-state index contributed by atoms with van der Waals surface area (Å²) < 4.78 is 0. The predicted octanol–water partition coefficient (Wildman–Crippen LogP) is 3.37. The minimum absolute atomic E-state index is 0.0938. The Balaban J connectivity index is 3.00. The Morgan fingerprint density at radius 3 is 2.14 bits per heavy atom. The van der Waals surface area contributed by atoms with E-state index in [0.29, 0.717) is 0 Å². The van der Waals surface area contributed by atoms with Gasteiger partial charge in [-0.1, -0.05) is 52.2 Å². The van der Waals surface area contributed by atoms with Crippen LogP contribution in [-0.2, 0) is 4.79 Å². The molecule has 0 N–H and O–H groups in total. The van der Waals surface area contributed by atoms with E-state index in [0.717, 1.165) is 6.29 Å². The molecule has 1 rings (SSSR count). The maximum atomic E-state index is 10.6. The van der Waals surface area contributed by atoms with Crippen LogP contribution in [0.2, 0.25) is 0 Å². The third-order valence-electron chi connectivity index (χ3n) is 2.38. The van der Waals surface area contributed by atoms with Crippen LogP contribution in [0.15, 0.2) is 18.2 Å². The SMILES string of the molecule is Cc1cc(C)cc(C(C)C(Br)C=O)c1. The summed E-state index contributed by atoms with van der Waals surface area (Å²) in [5, 5.41) is 0. The topological polar surface area (TPSA) is 17.1 Å². The van der Waals surface area contributed by atoms with Gasteiger partial charge in [0.2, 0.25) is 0 Å². The summed E-state index contributed by atoms with van der Waals surface area (Å²) in [4.78, 5) is 10.5. The first-order chi connectivity index (χ1) is 6.54. The van der Waals surface area contributed by atoms with Crippen molar-refractivity contribution < 1.29 is 4.79 Å². The molecule has 0 aromatic heterocycles. The second-order valence-corrected chi connectivity index (χ2v) is 4.85. The van der Waals surface area contributed by atoms with Crippen molar-refractivity contribution in [3.63, 3.8) is 0 Å². The fraction of sp³-hybridized carbons (Fsp3) is 0.417.